The summed E-state index contributed by atoms with van der Waals surface area (Å²) >= 11 is 0. The van der Waals surface area contributed by atoms with Gasteiger partial charge in [0, 0.05) is 18.5 Å². The first-order valence-corrected chi connectivity index (χ1v) is 9.30. The lowest BCUT2D eigenvalue weighted by Crippen LogP contribution is -2.48. The van der Waals surface area contributed by atoms with E-state index in [0.29, 0.717) is 26.3 Å². The summed E-state index contributed by atoms with van der Waals surface area (Å²) in [7, 11) is 0. The van der Waals surface area contributed by atoms with E-state index in [1.165, 1.54) is 0 Å². The zero-order chi connectivity index (χ0) is 18.8. The van der Waals surface area contributed by atoms with Crippen molar-refractivity contribution >= 4 is 6.03 Å². The summed E-state index contributed by atoms with van der Waals surface area (Å²) in [4.78, 5) is 14.7. The Balaban J connectivity index is 1.45. The van der Waals surface area contributed by atoms with E-state index in [-0.39, 0.29) is 23.9 Å². The number of phenolic OH excluding ortho intramolecular Hbond substituents is 1. The average molecular weight is 368 g/mol. The molecule has 2 aliphatic rings. The van der Waals surface area contributed by atoms with Crippen LogP contribution in [0.1, 0.15) is 35.3 Å². The number of amides is 2. The fourth-order valence-corrected chi connectivity index (χ4v) is 3.73. The molecule has 142 valence electrons. The van der Waals surface area contributed by atoms with Gasteiger partial charge in [-0.25, -0.2) is 4.79 Å². The predicted octanol–water partition coefficient (Wildman–Crippen LogP) is 3.31. The number of carbonyl (C=O) groups is 1. The van der Waals surface area contributed by atoms with Crippen molar-refractivity contribution in [1.82, 2.24) is 10.2 Å². The molecule has 2 aromatic carbocycles. The predicted molar refractivity (Wildman–Crippen MR) is 101 cm³/mol. The third-order valence-corrected chi connectivity index (χ3v) is 5.16. The first-order chi connectivity index (χ1) is 13.1. The second kappa shape index (κ2) is 7.48. The molecule has 0 saturated carbocycles. The Hall–Kier alpha value is -2.73. The molecule has 1 fully saturated rings. The van der Waals surface area contributed by atoms with E-state index >= 15 is 0 Å². The fourth-order valence-electron chi connectivity index (χ4n) is 3.73. The van der Waals surface area contributed by atoms with Gasteiger partial charge in [-0.1, -0.05) is 30.3 Å². The topological polar surface area (TPSA) is 71.0 Å². The van der Waals surface area contributed by atoms with Crippen LogP contribution in [0, 0.1) is 6.92 Å². The van der Waals surface area contributed by atoms with Gasteiger partial charge in [-0.05, 0) is 30.2 Å². The summed E-state index contributed by atoms with van der Waals surface area (Å²) in [6.45, 7) is 4.09. The van der Waals surface area contributed by atoms with Gasteiger partial charge in [0.25, 0.3) is 0 Å². The van der Waals surface area contributed by atoms with E-state index in [0.717, 1.165) is 28.9 Å². The Morgan fingerprint density at radius 2 is 2.07 bits per heavy atom. The normalized spacial score (nSPS) is 21.9. The van der Waals surface area contributed by atoms with E-state index < -0.39 is 0 Å². The zero-order valence-electron chi connectivity index (χ0n) is 15.4. The molecule has 2 heterocycles. The molecule has 2 aliphatic heterocycles. The molecule has 1 saturated heterocycles. The van der Waals surface area contributed by atoms with Gasteiger partial charge in [-0.3, -0.25) is 0 Å². The molecular formula is C21H24N2O4. The molecule has 4 rings (SSSR count). The van der Waals surface area contributed by atoms with Crippen LogP contribution in [0.2, 0.25) is 0 Å². The summed E-state index contributed by atoms with van der Waals surface area (Å²) in [5.41, 5.74) is 2.99. The van der Waals surface area contributed by atoms with Gasteiger partial charge in [-0.2, -0.15) is 0 Å². The van der Waals surface area contributed by atoms with Crippen LogP contribution >= 0.6 is 0 Å². The van der Waals surface area contributed by atoms with Crippen molar-refractivity contribution in [2.45, 2.75) is 25.5 Å². The Morgan fingerprint density at radius 3 is 2.93 bits per heavy atom. The number of phenols is 1. The van der Waals surface area contributed by atoms with Crippen molar-refractivity contribution in [1.29, 1.82) is 0 Å². The lowest BCUT2D eigenvalue weighted by molar-refractivity contribution is -0.0160. The number of urea groups is 1. The lowest BCUT2D eigenvalue weighted by Gasteiger charge is -2.35. The molecule has 0 spiro atoms. The van der Waals surface area contributed by atoms with Gasteiger partial charge in [0.1, 0.15) is 17.6 Å². The molecule has 0 bridgehead atoms. The number of nitrogens with zero attached hydrogens (tertiary/aromatic N) is 1. The van der Waals surface area contributed by atoms with Gasteiger partial charge in [0.15, 0.2) is 0 Å². The number of aromatic hydroxyl groups is 1. The van der Waals surface area contributed by atoms with E-state index in [2.05, 4.69) is 5.32 Å². The third kappa shape index (κ3) is 3.71. The minimum absolute atomic E-state index is 0.0526. The van der Waals surface area contributed by atoms with Gasteiger partial charge in [0.2, 0.25) is 0 Å². The van der Waals surface area contributed by atoms with E-state index in [9.17, 15) is 9.90 Å². The molecular weight excluding hydrogens is 344 g/mol. The maximum atomic E-state index is 12.9. The average Bonchev–Trinajstić information content (AvgIpc) is 2.69. The second-order valence-corrected chi connectivity index (χ2v) is 7.03. The summed E-state index contributed by atoms with van der Waals surface area (Å²) in [5.74, 6) is 1.08. The Labute approximate surface area is 158 Å². The molecule has 2 aromatic rings. The largest absolute Gasteiger partial charge is 0.508 e. The summed E-state index contributed by atoms with van der Waals surface area (Å²) in [5, 5.41) is 12.8. The standard InChI is InChI=1S/C21H24N2O4/c1-14-4-2-7-17-18(8-10-27-20(14)17)22-21(25)23-9-11-26-19(13-23)15-5-3-6-16(24)12-15/h2-7,12,18-19,24H,8-11,13H2,1H3,(H,22,25)/t18-,19?/m1/s1. The van der Waals surface area contributed by atoms with Crippen molar-refractivity contribution in [3.8, 4) is 11.5 Å². The Kier molecular flexibility index (Phi) is 4.90. The van der Waals surface area contributed by atoms with Crippen LogP contribution in [0.4, 0.5) is 4.79 Å². The number of para-hydroxylation sites is 1. The molecule has 0 radical (unpaired) electrons. The van der Waals surface area contributed by atoms with Gasteiger partial charge >= 0.3 is 6.03 Å². The monoisotopic (exact) mass is 368 g/mol. The number of nitrogens with one attached hydrogen (secondary N) is 1. The summed E-state index contributed by atoms with van der Waals surface area (Å²) in [6.07, 6.45) is 0.517. The van der Waals surface area contributed by atoms with Crippen LogP contribution < -0.4 is 10.1 Å². The number of hydrogen-bond donors (Lipinski definition) is 2. The van der Waals surface area contributed by atoms with E-state index in [1.807, 2.05) is 31.2 Å². The maximum absolute atomic E-state index is 12.9. The van der Waals surface area contributed by atoms with Crippen molar-refractivity contribution in [3.05, 3.63) is 59.2 Å². The fraction of sp³-hybridized carbons (Fsp3) is 0.381. The highest BCUT2D eigenvalue weighted by atomic mass is 16.5. The number of morpholine rings is 1. The number of aryl methyl sites for hydroxylation is 1. The molecule has 27 heavy (non-hydrogen) atoms. The summed E-state index contributed by atoms with van der Waals surface area (Å²) < 4.78 is 11.6. The second-order valence-electron chi connectivity index (χ2n) is 7.03. The SMILES string of the molecule is Cc1cccc2c1OCC[C@H]2NC(=O)N1CCOC(c2cccc(O)c2)C1. The maximum Gasteiger partial charge on any atom is 0.318 e. The molecule has 0 aromatic heterocycles. The van der Waals surface area contributed by atoms with Crippen molar-refractivity contribution in [3.63, 3.8) is 0 Å². The van der Waals surface area contributed by atoms with E-state index in [1.54, 1.807) is 23.1 Å². The molecule has 2 atom stereocenters. The Morgan fingerprint density at radius 1 is 1.22 bits per heavy atom. The minimum Gasteiger partial charge on any atom is -0.508 e. The van der Waals surface area contributed by atoms with Crippen LogP contribution in [0.5, 0.6) is 11.5 Å². The van der Waals surface area contributed by atoms with Gasteiger partial charge in [0.05, 0.1) is 25.8 Å². The van der Waals surface area contributed by atoms with Crippen LogP contribution in [-0.2, 0) is 4.74 Å². The molecule has 2 N–H and O–H groups in total. The highest BCUT2D eigenvalue weighted by Gasteiger charge is 2.29. The first kappa shape index (κ1) is 17.7. The van der Waals surface area contributed by atoms with Crippen LogP contribution in [0.3, 0.4) is 0 Å². The van der Waals surface area contributed by atoms with Gasteiger partial charge < -0.3 is 24.8 Å². The smallest absolute Gasteiger partial charge is 0.318 e. The summed E-state index contributed by atoms with van der Waals surface area (Å²) in [6, 6.07) is 12.9. The molecule has 1 unspecified atom stereocenters. The van der Waals surface area contributed by atoms with Crippen LogP contribution in [0.25, 0.3) is 0 Å². The quantitative estimate of drug-likeness (QED) is 0.853. The number of fused-ring (bicyclic) bond motifs is 1. The molecule has 0 aliphatic carbocycles. The van der Waals surface area contributed by atoms with Crippen molar-refractivity contribution in [2.24, 2.45) is 0 Å². The van der Waals surface area contributed by atoms with Crippen LogP contribution in [-0.4, -0.2) is 42.3 Å². The molecule has 6 nitrogen and oxygen atoms in total. The highest BCUT2D eigenvalue weighted by molar-refractivity contribution is 5.75. The van der Waals surface area contributed by atoms with Gasteiger partial charge in [-0.15, -0.1) is 0 Å². The van der Waals surface area contributed by atoms with E-state index in [4.69, 9.17) is 9.47 Å². The molecule has 6 heteroatoms. The lowest BCUT2D eigenvalue weighted by atomic mass is 9.98. The number of carbonyl (C=O) groups excluding carboxylic acids is 1. The Bertz CT molecular complexity index is 839. The minimum atomic E-state index is -0.235. The first-order valence-electron chi connectivity index (χ1n) is 9.30. The zero-order valence-corrected chi connectivity index (χ0v) is 15.4. The van der Waals surface area contributed by atoms with Crippen molar-refractivity contribution in [2.75, 3.05) is 26.3 Å². The number of benzene rings is 2. The van der Waals surface area contributed by atoms with Crippen molar-refractivity contribution < 1.29 is 19.4 Å². The highest BCUT2D eigenvalue weighted by Crippen LogP contribution is 2.34. The number of rotatable bonds is 2. The third-order valence-electron chi connectivity index (χ3n) is 5.16. The molecule has 2 amide bonds. The van der Waals surface area contributed by atoms with Crippen LogP contribution in [0.15, 0.2) is 42.5 Å². The number of hydrogen-bond acceptors (Lipinski definition) is 4. The number of ether oxygens (including phenoxy) is 2.